The first kappa shape index (κ1) is 26.3. The van der Waals surface area contributed by atoms with Gasteiger partial charge in [-0.3, -0.25) is 4.98 Å². The number of pyridine rings is 2. The maximum Gasteiger partial charge on any atom is 0.0722 e. The summed E-state index contributed by atoms with van der Waals surface area (Å²) in [7, 11) is 0. The highest BCUT2D eigenvalue weighted by molar-refractivity contribution is 6.14. The first-order valence-corrected chi connectivity index (χ1v) is 15.7. The Balaban J connectivity index is 1.20. The van der Waals surface area contributed by atoms with Crippen LogP contribution in [0.3, 0.4) is 0 Å². The van der Waals surface area contributed by atoms with Crippen molar-refractivity contribution in [2.75, 3.05) is 0 Å². The third-order valence-corrected chi connectivity index (χ3v) is 9.17. The summed E-state index contributed by atoms with van der Waals surface area (Å²) in [6.45, 7) is 0. The van der Waals surface area contributed by atoms with E-state index in [-0.39, 0.29) is 0 Å². The number of rotatable bonds is 4. The molecule has 0 fully saturated rings. The molecule has 2 aromatic heterocycles. The lowest BCUT2D eigenvalue weighted by Gasteiger charge is -2.15. The fourth-order valence-electron chi connectivity index (χ4n) is 6.96. The first-order valence-electron chi connectivity index (χ1n) is 15.7. The first-order chi connectivity index (χ1) is 22.8. The minimum atomic E-state index is 0.980. The van der Waals surface area contributed by atoms with Crippen molar-refractivity contribution in [3.8, 4) is 44.6 Å². The van der Waals surface area contributed by atoms with Gasteiger partial charge in [-0.1, -0.05) is 140 Å². The van der Waals surface area contributed by atoms with Gasteiger partial charge >= 0.3 is 0 Å². The number of benzene rings is 7. The van der Waals surface area contributed by atoms with Gasteiger partial charge in [-0.2, -0.15) is 0 Å². The number of hydrogen-bond acceptors (Lipinski definition) is 2. The fourth-order valence-corrected chi connectivity index (χ4v) is 6.96. The topological polar surface area (TPSA) is 25.8 Å². The molecule has 0 aliphatic carbocycles. The van der Waals surface area contributed by atoms with E-state index in [1.807, 2.05) is 18.5 Å². The van der Waals surface area contributed by atoms with Crippen molar-refractivity contribution in [2.45, 2.75) is 0 Å². The van der Waals surface area contributed by atoms with E-state index in [0.29, 0.717) is 0 Å². The molecule has 0 spiro atoms. The number of aromatic nitrogens is 2. The van der Waals surface area contributed by atoms with Crippen molar-refractivity contribution in [1.29, 1.82) is 0 Å². The Labute approximate surface area is 267 Å². The molecule has 2 nitrogen and oxygen atoms in total. The van der Waals surface area contributed by atoms with Crippen molar-refractivity contribution in [2.24, 2.45) is 0 Å². The summed E-state index contributed by atoms with van der Waals surface area (Å²) in [6.07, 6.45) is 3.82. The summed E-state index contributed by atoms with van der Waals surface area (Å²) in [5.41, 5.74) is 10.3. The van der Waals surface area contributed by atoms with Crippen LogP contribution in [0, 0.1) is 0 Å². The molecular formula is C44H28N2. The molecule has 2 heterocycles. The molecule has 0 N–H and O–H groups in total. The highest BCUT2D eigenvalue weighted by Crippen LogP contribution is 2.40. The third-order valence-electron chi connectivity index (χ3n) is 9.17. The average Bonchev–Trinajstić information content (AvgIpc) is 3.14. The average molecular weight is 585 g/mol. The Morgan fingerprint density at radius 1 is 0.370 bits per heavy atom. The molecule has 46 heavy (non-hydrogen) atoms. The summed E-state index contributed by atoms with van der Waals surface area (Å²) in [5, 5.41) is 8.47. The van der Waals surface area contributed by atoms with E-state index >= 15 is 0 Å². The lowest BCUT2D eigenvalue weighted by atomic mass is 9.89. The number of fused-ring (bicyclic) bond motifs is 5. The lowest BCUT2D eigenvalue weighted by Crippen LogP contribution is -1.92. The summed E-state index contributed by atoms with van der Waals surface area (Å²) in [6, 6.07) is 56.6. The lowest BCUT2D eigenvalue weighted by molar-refractivity contribution is 1.36. The van der Waals surface area contributed by atoms with Crippen molar-refractivity contribution < 1.29 is 0 Å². The molecular weight excluding hydrogens is 556 g/mol. The Morgan fingerprint density at radius 3 is 1.85 bits per heavy atom. The van der Waals surface area contributed by atoms with E-state index in [9.17, 15) is 0 Å². The maximum atomic E-state index is 5.13. The van der Waals surface area contributed by atoms with Crippen LogP contribution in [-0.4, -0.2) is 9.97 Å². The molecule has 0 aliphatic heterocycles. The molecule has 0 saturated heterocycles. The second-order valence-electron chi connectivity index (χ2n) is 11.8. The van der Waals surface area contributed by atoms with Crippen LogP contribution in [0.4, 0.5) is 0 Å². The molecule has 0 amide bonds. The monoisotopic (exact) mass is 584 g/mol. The van der Waals surface area contributed by atoms with Crippen molar-refractivity contribution in [3.05, 3.63) is 170 Å². The standard InChI is InChI=1S/C44H28N2/c1-2-10-32(11-3-1)43-27-41(44-36-13-5-4-9-29(36)21-24-42(44)46-43)31-19-17-30(18-20-31)34-22-23-40(39-15-7-6-14-37(34)39)38-16-8-12-33-28-45-26-25-35(33)38/h1-28H. The molecule has 9 rings (SSSR count). The van der Waals surface area contributed by atoms with E-state index in [2.05, 4.69) is 157 Å². The van der Waals surface area contributed by atoms with Crippen LogP contribution in [-0.2, 0) is 0 Å². The summed E-state index contributed by atoms with van der Waals surface area (Å²) in [5.74, 6) is 0. The molecule has 2 heteroatoms. The zero-order valence-corrected chi connectivity index (χ0v) is 25.1. The van der Waals surface area contributed by atoms with E-state index < -0.39 is 0 Å². The zero-order valence-electron chi connectivity index (χ0n) is 25.1. The van der Waals surface area contributed by atoms with Gasteiger partial charge in [-0.15, -0.1) is 0 Å². The van der Waals surface area contributed by atoms with E-state index in [4.69, 9.17) is 4.98 Å². The van der Waals surface area contributed by atoms with Crippen LogP contribution in [0.1, 0.15) is 0 Å². The quantitative estimate of drug-likeness (QED) is 0.192. The molecule has 0 atom stereocenters. The zero-order chi connectivity index (χ0) is 30.5. The largest absolute Gasteiger partial charge is 0.264 e. The summed E-state index contributed by atoms with van der Waals surface area (Å²) < 4.78 is 0. The van der Waals surface area contributed by atoms with Gasteiger partial charge in [0.1, 0.15) is 0 Å². The Bertz CT molecular complexity index is 2560. The van der Waals surface area contributed by atoms with Gasteiger partial charge in [0.05, 0.1) is 11.2 Å². The van der Waals surface area contributed by atoms with Gasteiger partial charge < -0.3 is 0 Å². The SMILES string of the molecule is c1ccc(-c2cc(-c3ccc(-c4ccc(-c5cccc6cnccc56)c5ccccc45)cc3)c3c(ccc4ccccc43)n2)cc1. The van der Waals surface area contributed by atoms with Gasteiger partial charge in [-0.05, 0) is 78.5 Å². The Hall–Kier alpha value is -6.12. The normalized spacial score (nSPS) is 11.5. The molecule has 0 saturated carbocycles. The van der Waals surface area contributed by atoms with Crippen molar-refractivity contribution in [3.63, 3.8) is 0 Å². The van der Waals surface area contributed by atoms with Crippen LogP contribution in [0.5, 0.6) is 0 Å². The van der Waals surface area contributed by atoms with Crippen LogP contribution in [0.25, 0.3) is 87.9 Å². The van der Waals surface area contributed by atoms with Gasteiger partial charge in [0, 0.05) is 28.7 Å². The smallest absolute Gasteiger partial charge is 0.0722 e. The molecule has 0 unspecified atom stereocenters. The van der Waals surface area contributed by atoms with Crippen LogP contribution < -0.4 is 0 Å². The van der Waals surface area contributed by atoms with Gasteiger partial charge in [0.2, 0.25) is 0 Å². The third kappa shape index (κ3) is 4.35. The summed E-state index contributed by atoms with van der Waals surface area (Å²) >= 11 is 0. The molecule has 0 radical (unpaired) electrons. The van der Waals surface area contributed by atoms with Crippen molar-refractivity contribution >= 4 is 43.2 Å². The van der Waals surface area contributed by atoms with E-state index in [0.717, 1.165) is 22.2 Å². The maximum absolute atomic E-state index is 5.13. The van der Waals surface area contributed by atoms with Gasteiger partial charge in [0.15, 0.2) is 0 Å². The number of hydrogen-bond donors (Lipinski definition) is 0. The van der Waals surface area contributed by atoms with E-state index in [1.165, 1.54) is 65.7 Å². The molecule has 214 valence electrons. The predicted molar refractivity (Wildman–Crippen MR) is 194 cm³/mol. The molecule has 0 bridgehead atoms. The predicted octanol–water partition coefficient (Wildman–Crippen LogP) is 11.8. The van der Waals surface area contributed by atoms with Crippen LogP contribution in [0.15, 0.2) is 170 Å². The van der Waals surface area contributed by atoms with Crippen molar-refractivity contribution in [1.82, 2.24) is 9.97 Å². The minimum Gasteiger partial charge on any atom is -0.264 e. The molecule has 9 aromatic rings. The minimum absolute atomic E-state index is 0.980. The molecule has 0 aliphatic rings. The highest BCUT2D eigenvalue weighted by atomic mass is 14.7. The molecule has 7 aromatic carbocycles. The fraction of sp³-hybridized carbons (Fsp3) is 0. The van der Waals surface area contributed by atoms with Crippen LogP contribution >= 0.6 is 0 Å². The van der Waals surface area contributed by atoms with Gasteiger partial charge in [0.25, 0.3) is 0 Å². The number of nitrogens with zero attached hydrogens (tertiary/aromatic N) is 2. The second-order valence-corrected chi connectivity index (χ2v) is 11.8. The van der Waals surface area contributed by atoms with Crippen LogP contribution in [0.2, 0.25) is 0 Å². The Morgan fingerprint density at radius 2 is 1.02 bits per heavy atom. The second kappa shape index (κ2) is 10.8. The highest BCUT2D eigenvalue weighted by Gasteiger charge is 2.15. The summed E-state index contributed by atoms with van der Waals surface area (Å²) in [4.78, 5) is 9.47. The van der Waals surface area contributed by atoms with E-state index in [1.54, 1.807) is 0 Å². The van der Waals surface area contributed by atoms with Gasteiger partial charge in [-0.25, -0.2) is 4.98 Å². The Kier molecular flexibility index (Phi) is 6.17.